The molecule has 7 nitrogen and oxygen atoms in total. The van der Waals surface area contributed by atoms with E-state index in [2.05, 4.69) is 16.5 Å². The highest BCUT2D eigenvalue weighted by atomic mass is 35.5. The number of rotatable bonds is 5. The molecular weight excluding hydrogens is 529 g/mol. The van der Waals surface area contributed by atoms with Gasteiger partial charge in [-0.15, -0.1) is 0 Å². The SMILES string of the molecule is C=CC(=O)N1CCN(c2nc(=O)n(-c3c(C)ccnc3C(C)C)c3cc(-c4ccccc4F)c(Cl)cc23)[C@@H](C)C1. The first-order chi connectivity index (χ1) is 19.1. The third-order valence-corrected chi connectivity index (χ3v) is 7.75. The Kier molecular flexibility index (Phi) is 7.47. The van der Waals surface area contributed by atoms with Crippen molar-refractivity contribution in [3.05, 3.63) is 93.9 Å². The first-order valence-corrected chi connectivity index (χ1v) is 13.6. The number of carbonyl (C=O) groups is 1. The van der Waals surface area contributed by atoms with Gasteiger partial charge < -0.3 is 9.80 Å². The molecule has 3 heterocycles. The number of carbonyl (C=O) groups excluding carboxylic acids is 1. The zero-order valence-corrected chi connectivity index (χ0v) is 23.7. The Hall–Kier alpha value is -4.04. The van der Waals surface area contributed by atoms with Crippen LogP contribution in [-0.2, 0) is 4.79 Å². The van der Waals surface area contributed by atoms with Crippen LogP contribution < -0.4 is 10.6 Å². The van der Waals surface area contributed by atoms with Crippen molar-refractivity contribution in [3.8, 4) is 16.8 Å². The maximum absolute atomic E-state index is 14.9. The Morgan fingerprint density at radius 1 is 1.18 bits per heavy atom. The highest BCUT2D eigenvalue weighted by Gasteiger charge is 2.30. The van der Waals surface area contributed by atoms with Gasteiger partial charge in [-0.1, -0.05) is 50.2 Å². The number of hydrogen-bond donors (Lipinski definition) is 0. The normalized spacial score (nSPS) is 15.6. The van der Waals surface area contributed by atoms with Crippen LogP contribution in [0, 0.1) is 12.7 Å². The van der Waals surface area contributed by atoms with Crippen molar-refractivity contribution in [2.24, 2.45) is 0 Å². The molecule has 40 heavy (non-hydrogen) atoms. The van der Waals surface area contributed by atoms with Gasteiger partial charge in [0, 0.05) is 53.4 Å². The Morgan fingerprint density at radius 2 is 1.93 bits per heavy atom. The Balaban J connectivity index is 1.81. The third kappa shape index (κ3) is 4.77. The predicted molar refractivity (Wildman–Crippen MR) is 158 cm³/mol. The number of hydrogen-bond acceptors (Lipinski definition) is 5. The monoisotopic (exact) mass is 559 g/mol. The zero-order valence-electron chi connectivity index (χ0n) is 23.0. The zero-order chi connectivity index (χ0) is 28.7. The van der Waals surface area contributed by atoms with Crippen LogP contribution in [0.3, 0.4) is 0 Å². The molecule has 1 aliphatic heterocycles. The van der Waals surface area contributed by atoms with Crippen LogP contribution >= 0.6 is 11.6 Å². The standard InChI is InChI=1S/C31H31ClFN5O2/c1-6-27(39)36-13-14-37(20(5)17-36)30-23-15-24(32)22(21-9-7-8-10-25(21)33)16-26(23)38(31(40)35-30)29-19(4)11-12-34-28(29)18(2)3/h6-12,15-16,18,20H,1,13-14,17H2,2-5H3/t20-/m0/s1. The van der Waals surface area contributed by atoms with Gasteiger partial charge in [0.2, 0.25) is 5.91 Å². The van der Waals surface area contributed by atoms with Gasteiger partial charge in [-0.05, 0) is 55.7 Å². The molecule has 2 aromatic heterocycles. The van der Waals surface area contributed by atoms with E-state index in [-0.39, 0.29) is 17.9 Å². The van der Waals surface area contributed by atoms with Gasteiger partial charge in [0.25, 0.3) is 0 Å². The minimum absolute atomic E-state index is 0.0327. The highest BCUT2D eigenvalue weighted by Crippen LogP contribution is 2.38. The molecule has 0 radical (unpaired) electrons. The summed E-state index contributed by atoms with van der Waals surface area (Å²) in [6.07, 6.45) is 3.04. The lowest BCUT2D eigenvalue weighted by Gasteiger charge is -2.40. The molecule has 0 N–H and O–H groups in total. The van der Waals surface area contributed by atoms with Crippen molar-refractivity contribution >= 4 is 34.2 Å². The Morgan fingerprint density at radius 3 is 2.60 bits per heavy atom. The summed E-state index contributed by atoms with van der Waals surface area (Å²) in [5, 5.41) is 0.990. The van der Waals surface area contributed by atoms with Crippen LogP contribution in [0.5, 0.6) is 0 Å². The molecule has 0 saturated carbocycles. The third-order valence-electron chi connectivity index (χ3n) is 7.43. The maximum Gasteiger partial charge on any atom is 0.354 e. The number of fused-ring (bicyclic) bond motifs is 1. The van der Waals surface area contributed by atoms with Crippen molar-refractivity contribution < 1.29 is 9.18 Å². The van der Waals surface area contributed by atoms with Crippen molar-refractivity contribution in [1.82, 2.24) is 19.4 Å². The van der Waals surface area contributed by atoms with Crippen LogP contribution in [0.2, 0.25) is 5.02 Å². The Labute approximate surface area is 237 Å². The molecule has 9 heteroatoms. The van der Waals surface area contributed by atoms with E-state index in [1.54, 1.807) is 46.0 Å². The molecule has 5 rings (SSSR count). The van der Waals surface area contributed by atoms with Gasteiger partial charge in [0.05, 0.1) is 16.9 Å². The molecule has 1 atom stereocenters. The summed E-state index contributed by atoms with van der Waals surface area (Å²) in [4.78, 5) is 39.2. The van der Waals surface area contributed by atoms with Crippen molar-refractivity contribution in [1.29, 1.82) is 0 Å². The van der Waals surface area contributed by atoms with Gasteiger partial charge in [-0.2, -0.15) is 4.98 Å². The number of halogens is 2. The maximum atomic E-state index is 14.9. The summed E-state index contributed by atoms with van der Waals surface area (Å²) < 4.78 is 16.5. The Bertz CT molecular complexity index is 1700. The van der Waals surface area contributed by atoms with E-state index in [0.29, 0.717) is 58.2 Å². The lowest BCUT2D eigenvalue weighted by Crippen LogP contribution is -2.54. The largest absolute Gasteiger partial charge is 0.354 e. The number of piperazine rings is 1. The number of anilines is 1. The summed E-state index contributed by atoms with van der Waals surface area (Å²) >= 11 is 6.82. The van der Waals surface area contributed by atoms with Gasteiger partial charge in [-0.3, -0.25) is 14.3 Å². The van der Waals surface area contributed by atoms with E-state index < -0.39 is 11.5 Å². The van der Waals surface area contributed by atoms with E-state index in [0.717, 1.165) is 11.3 Å². The number of amides is 1. The van der Waals surface area contributed by atoms with E-state index in [1.807, 2.05) is 38.7 Å². The lowest BCUT2D eigenvalue weighted by molar-refractivity contribution is -0.126. The van der Waals surface area contributed by atoms with Gasteiger partial charge in [0.1, 0.15) is 11.6 Å². The summed E-state index contributed by atoms with van der Waals surface area (Å²) in [7, 11) is 0. The van der Waals surface area contributed by atoms with Crippen molar-refractivity contribution in [2.45, 2.75) is 39.7 Å². The lowest BCUT2D eigenvalue weighted by atomic mass is 10.0. The topological polar surface area (TPSA) is 71.3 Å². The highest BCUT2D eigenvalue weighted by molar-refractivity contribution is 6.34. The molecule has 0 bridgehead atoms. The second kappa shape index (κ2) is 10.8. The number of nitrogens with zero attached hydrogens (tertiary/aromatic N) is 5. The van der Waals surface area contributed by atoms with Crippen LogP contribution in [0.4, 0.5) is 10.2 Å². The fourth-order valence-corrected chi connectivity index (χ4v) is 5.70. The van der Waals surface area contributed by atoms with Gasteiger partial charge in [-0.25, -0.2) is 9.18 Å². The first-order valence-electron chi connectivity index (χ1n) is 13.3. The van der Waals surface area contributed by atoms with Crippen LogP contribution in [0.25, 0.3) is 27.7 Å². The van der Waals surface area contributed by atoms with Gasteiger partial charge >= 0.3 is 5.69 Å². The van der Waals surface area contributed by atoms with Crippen LogP contribution in [0.1, 0.15) is 37.9 Å². The van der Waals surface area contributed by atoms with E-state index in [9.17, 15) is 14.0 Å². The molecule has 4 aromatic rings. The van der Waals surface area contributed by atoms with Crippen LogP contribution in [0.15, 0.2) is 66.1 Å². The molecule has 0 unspecified atom stereocenters. The molecule has 206 valence electrons. The summed E-state index contributed by atoms with van der Waals surface area (Å²) in [6, 6.07) is 11.7. The molecule has 1 amide bonds. The molecule has 0 aliphatic carbocycles. The van der Waals surface area contributed by atoms with E-state index >= 15 is 0 Å². The second-order valence-electron chi connectivity index (χ2n) is 10.4. The molecule has 2 aromatic carbocycles. The molecule has 1 aliphatic rings. The quantitative estimate of drug-likeness (QED) is 0.285. The van der Waals surface area contributed by atoms with Crippen LogP contribution in [-0.4, -0.2) is 51.0 Å². The second-order valence-corrected chi connectivity index (χ2v) is 10.8. The van der Waals surface area contributed by atoms with Crippen molar-refractivity contribution in [2.75, 3.05) is 24.5 Å². The molecule has 1 fully saturated rings. The summed E-state index contributed by atoms with van der Waals surface area (Å²) in [5.41, 5.74) is 3.16. The minimum Gasteiger partial charge on any atom is -0.350 e. The number of aromatic nitrogens is 3. The fraction of sp³-hybridized carbons (Fsp3) is 0.290. The van der Waals surface area contributed by atoms with Crippen molar-refractivity contribution in [3.63, 3.8) is 0 Å². The van der Waals surface area contributed by atoms with Gasteiger partial charge in [0.15, 0.2) is 0 Å². The minimum atomic E-state index is -0.473. The van der Waals surface area contributed by atoms with E-state index in [1.165, 1.54) is 12.1 Å². The number of benzene rings is 2. The summed E-state index contributed by atoms with van der Waals surface area (Å²) in [6.45, 7) is 12.9. The summed E-state index contributed by atoms with van der Waals surface area (Å²) in [5.74, 6) is -0.0380. The molecule has 0 spiro atoms. The predicted octanol–water partition coefficient (Wildman–Crippen LogP) is 5.90. The molecular formula is C31H31ClFN5O2. The average Bonchev–Trinajstić information content (AvgIpc) is 2.93. The van der Waals surface area contributed by atoms with E-state index in [4.69, 9.17) is 11.6 Å². The first kappa shape index (κ1) is 27.5. The molecule has 1 saturated heterocycles. The number of pyridine rings is 1. The smallest absolute Gasteiger partial charge is 0.350 e. The fourth-order valence-electron chi connectivity index (χ4n) is 5.44. The average molecular weight is 560 g/mol. The number of aryl methyl sites for hydroxylation is 1.